The van der Waals surface area contributed by atoms with Crippen molar-refractivity contribution in [2.24, 2.45) is 0 Å². The lowest BCUT2D eigenvalue weighted by Crippen LogP contribution is -2.15. The van der Waals surface area contributed by atoms with E-state index in [1.54, 1.807) is 12.1 Å². The average molecular weight is 269 g/mol. The first-order chi connectivity index (χ1) is 9.79. The minimum atomic E-state index is -0.158. The fourth-order valence-corrected chi connectivity index (χ4v) is 2.26. The van der Waals surface area contributed by atoms with Crippen LogP contribution < -0.4 is 15.0 Å². The molecule has 0 amide bonds. The van der Waals surface area contributed by atoms with Crippen LogP contribution >= 0.6 is 0 Å². The molecular weight excluding hydrogens is 258 g/mol. The van der Waals surface area contributed by atoms with Crippen molar-refractivity contribution < 1.29 is 9.47 Å². The van der Waals surface area contributed by atoms with E-state index >= 15 is 0 Å². The molecule has 0 fully saturated rings. The van der Waals surface area contributed by atoms with Crippen molar-refractivity contribution in [3.8, 4) is 23.0 Å². The lowest BCUT2D eigenvalue weighted by atomic mass is 10.2. The highest BCUT2D eigenvalue weighted by atomic mass is 16.6. The quantitative estimate of drug-likeness (QED) is 0.704. The number of nitrogens with one attached hydrogen (secondary N) is 2. The molecule has 3 heterocycles. The molecule has 0 unspecified atom stereocenters. The van der Waals surface area contributed by atoms with Crippen LogP contribution in [0.1, 0.15) is 0 Å². The van der Waals surface area contributed by atoms with E-state index in [0.717, 1.165) is 11.0 Å². The molecule has 6 heteroatoms. The summed E-state index contributed by atoms with van der Waals surface area (Å²) in [5.74, 6) is 2.02. The highest BCUT2D eigenvalue weighted by molar-refractivity contribution is 5.82. The monoisotopic (exact) mass is 269 g/mol. The number of fused-ring (bicyclic) bond motifs is 2. The summed E-state index contributed by atoms with van der Waals surface area (Å²) in [6.45, 7) is 1.09. The summed E-state index contributed by atoms with van der Waals surface area (Å²) in [4.78, 5) is 21.7. The predicted octanol–water partition coefficient (Wildman–Crippen LogP) is 1.69. The van der Waals surface area contributed by atoms with Gasteiger partial charge < -0.3 is 19.4 Å². The number of imidazole rings is 1. The molecule has 20 heavy (non-hydrogen) atoms. The Labute approximate surface area is 113 Å². The average Bonchev–Trinajstić information content (AvgIpc) is 2.87. The van der Waals surface area contributed by atoms with Gasteiger partial charge in [-0.05, 0) is 6.07 Å². The van der Waals surface area contributed by atoms with Gasteiger partial charge in [-0.1, -0.05) is 6.07 Å². The minimum absolute atomic E-state index is 0.158. The molecule has 6 nitrogen and oxygen atoms in total. The van der Waals surface area contributed by atoms with Crippen LogP contribution in [0, 0.1) is 0 Å². The van der Waals surface area contributed by atoms with Crippen molar-refractivity contribution in [2.45, 2.75) is 0 Å². The van der Waals surface area contributed by atoms with E-state index in [4.69, 9.17) is 9.47 Å². The summed E-state index contributed by atoms with van der Waals surface area (Å²) in [6.07, 6.45) is 0. The number of hydrogen-bond acceptors (Lipinski definition) is 4. The van der Waals surface area contributed by atoms with Crippen LogP contribution in [-0.4, -0.2) is 28.2 Å². The number of aromatic nitrogens is 3. The Morgan fingerprint density at radius 1 is 1.05 bits per heavy atom. The van der Waals surface area contributed by atoms with Gasteiger partial charge in [0.05, 0.1) is 16.7 Å². The molecule has 4 rings (SSSR count). The second-order valence-corrected chi connectivity index (χ2v) is 4.53. The summed E-state index contributed by atoms with van der Waals surface area (Å²) in [5.41, 5.74) is 2.10. The number of rotatable bonds is 1. The zero-order valence-corrected chi connectivity index (χ0v) is 10.5. The molecule has 1 aromatic carbocycles. The number of pyridine rings is 1. The van der Waals surface area contributed by atoms with E-state index < -0.39 is 0 Å². The van der Waals surface area contributed by atoms with E-state index in [2.05, 4.69) is 15.0 Å². The normalized spacial score (nSPS) is 13.6. The first-order valence-corrected chi connectivity index (χ1v) is 6.29. The van der Waals surface area contributed by atoms with Crippen molar-refractivity contribution in [2.75, 3.05) is 13.2 Å². The van der Waals surface area contributed by atoms with Gasteiger partial charge in [0.25, 0.3) is 0 Å². The fourth-order valence-electron chi connectivity index (χ4n) is 2.26. The third-order valence-electron chi connectivity index (χ3n) is 3.17. The topological polar surface area (TPSA) is 80.0 Å². The Morgan fingerprint density at radius 3 is 2.65 bits per heavy atom. The maximum absolute atomic E-state index is 11.4. The Kier molecular flexibility index (Phi) is 2.29. The molecule has 0 aliphatic carbocycles. The molecule has 0 saturated carbocycles. The van der Waals surface area contributed by atoms with E-state index in [-0.39, 0.29) is 5.56 Å². The summed E-state index contributed by atoms with van der Waals surface area (Å²) in [5, 5.41) is 0. The Hall–Kier alpha value is -2.76. The number of hydrogen-bond donors (Lipinski definition) is 2. The SMILES string of the molecule is O=c1cccc(-c2nc3cc4c(cc3[nH]2)OCCO4)[nH]1. The number of benzene rings is 1. The van der Waals surface area contributed by atoms with E-state index in [9.17, 15) is 4.79 Å². The standard InChI is InChI=1S/C14H11N3O3/c18-13-3-1-2-8(15-13)14-16-9-6-11-12(7-10(9)17-14)20-5-4-19-11/h1-3,6-7H,4-5H2,(H,15,18)(H,16,17). The third-order valence-corrected chi connectivity index (χ3v) is 3.17. The van der Waals surface area contributed by atoms with E-state index in [0.29, 0.717) is 36.2 Å². The van der Waals surface area contributed by atoms with Gasteiger partial charge >= 0.3 is 0 Å². The highest BCUT2D eigenvalue weighted by Gasteiger charge is 2.15. The Morgan fingerprint density at radius 2 is 1.85 bits per heavy atom. The Bertz CT molecular complexity index is 807. The van der Waals surface area contributed by atoms with E-state index in [1.807, 2.05) is 12.1 Å². The molecule has 0 saturated heterocycles. The predicted molar refractivity (Wildman–Crippen MR) is 73.1 cm³/mol. The first-order valence-electron chi connectivity index (χ1n) is 6.29. The van der Waals surface area contributed by atoms with E-state index in [1.165, 1.54) is 6.07 Å². The molecule has 2 N–H and O–H groups in total. The lowest BCUT2D eigenvalue weighted by Gasteiger charge is -2.17. The maximum atomic E-state index is 11.4. The second-order valence-electron chi connectivity index (χ2n) is 4.53. The van der Waals surface area contributed by atoms with Crippen molar-refractivity contribution in [3.63, 3.8) is 0 Å². The molecule has 0 radical (unpaired) electrons. The summed E-state index contributed by atoms with van der Waals surface area (Å²) >= 11 is 0. The first kappa shape index (κ1) is 11.1. The molecule has 100 valence electrons. The second kappa shape index (κ2) is 4.12. The molecule has 3 aromatic rings. The van der Waals surface area contributed by atoms with Crippen molar-refractivity contribution in [1.82, 2.24) is 15.0 Å². The number of ether oxygens (including phenoxy) is 2. The minimum Gasteiger partial charge on any atom is -0.486 e. The van der Waals surface area contributed by atoms with Gasteiger partial charge in [0.15, 0.2) is 17.3 Å². The number of aromatic amines is 2. The van der Waals surface area contributed by atoms with Crippen LogP contribution in [-0.2, 0) is 0 Å². The highest BCUT2D eigenvalue weighted by Crippen LogP contribution is 2.34. The van der Waals surface area contributed by atoms with Crippen LogP contribution in [0.2, 0.25) is 0 Å². The van der Waals surface area contributed by atoms with Gasteiger partial charge in [0, 0.05) is 18.2 Å². The van der Waals surface area contributed by atoms with Crippen LogP contribution in [0.3, 0.4) is 0 Å². The van der Waals surface area contributed by atoms with Crippen LogP contribution in [0.15, 0.2) is 35.1 Å². The van der Waals surface area contributed by atoms with Crippen molar-refractivity contribution in [3.05, 3.63) is 40.7 Å². The van der Waals surface area contributed by atoms with Crippen LogP contribution in [0.4, 0.5) is 0 Å². The molecule has 1 aliphatic heterocycles. The zero-order chi connectivity index (χ0) is 13.5. The zero-order valence-electron chi connectivity index (χ0n) is 10.5. The molecule has 0 spiro atoms. The summed E-state index contributed by atoms with van der Waals surface area (Å²) in [7, 11) is 0. The number of H-pyrrole nitrogens is 2. The molecule has 0 bridgehead atoms. The maximum Gasteiger partial charge on any atom is 0.248 e. The summed E-state index contributed by atoms with van der Waals surface area (Å²) < 4.78 is 11.1. The van der Waals surface area contributed by atoms with Crippen molar-refractivity contribution >= 4 is 11.0 Å². The molecular formula is C14H11N3O3. The number of nitrogens with zero attached hydrogens (tertiary/aromatic N) is 1. The van der Waals surface area contributed by atoms with Crippen molar-refractivity contribution in [1.29, 1.82) is 0 Å². The van der Waals surface area contributed by atoms with Gasteiger partial charge in [-0.3, -0.25) is 4.79 Å². The molecule has 0 atom stereocenters. The van der Waals surface area contributed by atoms with Gasteiger partial charge in [0.1, 0.15) is 13.2 Å². The van der Waals surface area contributed by atoms with Gasteiger partial charge in [-0.2, -0.15) is 0 Å². The van der Waals surface area contributed by atoms with Gasteiger partial charge in [-0.25, -0.2) is 4.98 Å². The van der Waals surface area contributed by atoms with Gasteiger partial charge in [0.2, 0.25) is 5.56 Å². The van der Waals surface area contributed by atoms with Crippen LogP contribution in [0.25, 0.3) is 22.6 Å². The Balaban J connectivity index is 1.88. The molecule has 2 aromatic heterocycles. The molecule has 1 aliphatic rings. The largest absolute Gasteiger partial charge is 0.486 e. The van der Waals surface area contributed by atoms with Crippen LogP contribution in [0.5, 0.6) is 11.5 Å². The third kappa shape index (κ3) is 1.73. The van der Waals surface area contributed by atoms with Gasteiger partial charge in [-0.15, -0.1) is 0 Å². The smallest absolute Gasteiger partial charge is 0.248 e. The lowest BCUT2D eigenvalue weighted by molar-refractivity contribution is 0.172. The fraction of sp³-hybridized carbons (Fsp3) is 0.143. The summed E-state index contributed by atoms with van der Waals surface area (Å²) in [6, 6.07) is 8.66.